The van der Waals surface area contributed by atoms with Gasteiger partial charge in [0.1, 0.15) is 0 Å². The lowest BCUT2D eigenvalue weighted by Gasteiger charge is -2.60. The Labute approximate surface area is 153 Å². The second kappa shape index (κ2) is 7.16. The molecule has 0 spiro atoms. The van der Waals surface area contributed by atoms with Gasteiger partial charge in [-0.3, -0.25) is 0 Å². The Morgan fingerprint density at radius 2 is 1.88 bits per heavy atom. The normalized spacial score (nSPS) is 23.7. The van der Waals surface area contributed by atoms with Gasteiger partial charge in [0.25, 0.3) is 0 Å². The van der Waals surface area contributed by atoms with Gasteiger partial charge in [-0.25, -0.2) is 0 Å². The van der Waals surface area contributed by atoms with E-state index < -0.39 is 0 Å². The van der Waals surface area contributed by atoms with E-state index >= 15 is 0 Å². The van der Waals surface area contributed by atoms with Gasteiger partial charge in [0.05, 0.1) is 12.6 Å². The van der Waals surface area contributed by atoms with Crippen LogP contribution >= 0.6 is 0 Å². The van der Waals surface area contributed by atoms with Crippen molar-refractivity contribution in [3.05, 3.63) is 23.8 Å². The van der Waals surface area contributed by atoms with Crippen molar-refractivity contribution < 1.29 is 14.2 Å². The van der Waals surface area contributed by atoms with Gasteiger partial charge in [0.15, 0.2) is 17.8 Å². The number of rotatable bonds is 7. The average molecular weight is 350 g/mol. The van der Waals surface area contributed by atoms with Crippen molar-refractivity contribution in [2.75, 3.05) is 20.3 Å². The minimum atomic E-state index is -0.299. The van der Waals surface area contributed by atoms with Crippen LogP contribution in [0.4, 0.5) is 0 Å². The van der Waals surface area contributed by atoms with Crippen molar-refractivity contribution in [3.8, 4) is 11.5 Å². The van der Waals surface area contributed by atoms with E-state index in [-0.39, 0.29) is 22.7 Å². The van der Waals surface area contributed by atoms with Gasteiger partial charge in [-0.2, -0.15) is 0 Å². The number of nitrogens with one attached hydrogen (secondary N) is 1. The van der Waals surface area contributed by atoms with Gasteiger partial charge in [-0.15, -0.1) is 0 Å². The first kappa shape index (κ1) is 20.1. The van der Waals surface area contributed by atoms with E-state index in [2.05, 4.69) is 52.1 Å². The van der Waals surface area contributed by atoms with Crippen molar-refractivity contribution >= 4 is 0 Å². The largest absolute Gasteiger partial charge is 0.493 e. The molecule has 2 rings (SSSR count). The molecular weight excluding hydrogens is 314 g/mol. The Hall–Kier alpha value is -1.26. The summed E-state index contributed by atoms with van der Waals surface area (Å²) in [6.07, 6.45) is 0.762. The molecule has 1 aromatic carbocycles. The molecule has 4 heteroatoms. The van der Waals surface area contributed by atoms with Gasteiger partial charge in [0, 0.05) is 13.2 Å². The van der Waals surface area contributed by atoms with Gasteiger partial charge < -0.3 is 19.5 Å². The van der Waals surface area contributed by atoms with E-state index in [1.807, 2.05) is 19.9 Å². The fraction of sp³-hybridized carbons (Fsp3) is 0.714. The highest BCUT2D eigenvalue weighted by Gasteiger charge is 2.55. The van der Waals surface area contributed by atoms with Crippen molar-refractivity contribution in [1.82, 2.24) is 5.32 Å². The van der Waals surface area contributed by atoms with Gasteiger partial charge >= 0.3 is 0 Å². The highest BCUT2D eigenvalue weighted by molar-refractivity contribution is 5.47. The van der Waals surface area contributed by atoms with Crippen molar-refractivity contribution in [1.29, 1.82) is 0 Å². The Kier molecular flexibility index (Phi) is 5.75. The molecule has 4 nitrogen and oxygen atoms in total. The zero-order chi connectivity index (χ0) is 18.9. The van der Waals surface area contributed by atoms with Crippen LogP contribution in [0.2, 0.25) is 0 Å². The Balaban J connectivity index is 2.37. The maximum absolute atomic E-state index is 5.88. The van der Waals surface area contributed by atoms with Crippen LogP contribution in [-0.4, -0.2) is 26.6 Å². The van der Waals surface area contributed by atoms with Crippen LogP contribution < -0.4 is 14.8 Å². The van der Waals surface area contributed by atoms with Crippen LogP contribution in [0.5, 0.6) is 11.5 Å². The maximum Gasteiger partial charge on any atom is 0.197 e. The standard InChI is InChI=1S/C21H35NO3/c1-9-24-15(2)25-17-11-10-16(12-18(17)23-8)21(13-19(3,4)5)20(6,7)14-22-21/h10-12,15,22H,9,13-14H2,1-8H3. The summed E-state index contributed by atoms with van der Waals surface area (Å²) in [5.41, 5.74) is 1.61. The van der Waals surface area contributed by atoms with Crippen LogP contribution in [0.3, 0.4) is 0 Å². The molecule has 1 saturated heterocycles. The molecule has 0 aliphatic carbocycles. The second-order valence-corrected chi connectivity index (χ2v) is 8.89. The molecule has 142 valence electrons. The molecule has 0 aromatic heterocycles. The Bertz CT molecular complexity index is 591. The van der Waals surface area contributed by atoms with Crippen molar-refractivity contribution in [3.63, 3.8) is 0 Å². The minimum Gasteiger partial charge on any atom is -0.493 e. The minimum absolute atomic E-state index is 0.0530. The summed E-state index contributed by atoms with van der Waals surface area (Å²) in [4.78, 5) is 0. The lowest BCUT2D eigenvalue weighted by Crippen LogP contribution is -2.69. The predicted octanol–water partition coefficient (Wildman–Crippen LogP) is 4.72. The molecule has 1 fully saturated rings. The van der Waals surface area contributed by atoms with Crippen LogP contribution in [0.1, 0.15) is 60.5 Å². The smallest absolute Gasteiger partial charge is 0.197 e. The van der Waals surface area contributed by atoms with Gasteiger partial charge in [-0.05, 0) is 48.8 Å². The first-order valence-corrected chi connectivity index (χ1v) is 9.26. The summed E-state index contributed by atoms with van der Waals surface area (Å²) in [6, 6.07) is 6.29. The molecule has 1 aliphatic rings. The predicted molar refractivity (Wildman–Crippen MR) is 102 cm³/mol. The number of hydrogen-bond donors (Lipinski definition) is 1. The van der Waals surface area contributed by atoms with Crippen LogP contribution in [0.25, 0.3) is 0 Å². The van der Waals surface area contributed by atoms with E-state index in [1.165, 1.54) is 5.56 Å². The fourth-order valence-corrected chi connectivity index (χ4v) is 3.83. The molecule has 1 heterocycles. The fourth-order valence-electron chi connectivity index (χ4n) is 3.83. The van der Waals surface area contributed by atoms with E-state index in [4.69, 9.17) is 14.2 Å². The summed E-state index contributed by atoms with van der Waals surface area (Å²) in [5.74, 6) is 1.47. The molecule has 1 aromatic rings. The number of methoxy groups -OCH3 is 1. The third-order valence-electron chi connectivity index (χ3n) is 5.13. The van der Waals surface area contributed by atoms with E-state index in [0.29, 0.717) is 6.61 Å². The van der Waals surface area contributed by atoms with Crippen molar-refractivity contribution in [2.45, 2.75) is 66.7 Å². The lowest BCUT2D eigenvalue weighted by molar-refractivity contribution is -0.0625. The summed E-state index contributed by atoms with van der Waals surface area (Å²) in [5, 5.41) is 3.73. The van der Waals surface area contributed by atoms with Crippen LogP contribution in [0.15, 0.2) is 18.2 Å². The molecule has 0 bridgehead atoms. The molecule has 1 N–H and O–H groups in total. The van der Waals surface area contributed by atoms with E-state index in [9.17, 15) is 0 Å². The number of benzene rings is 1. The van der Waals surface area contributed by atoms with Gasteiger partial charge in [-0.1, -0.05) is 40.7 Å². The molecule has 0 saturated carbocycles. The quantitative estimate of drug-likeness (QED) is 0.723. The summed E-state index contributed by atoms with van der Waals surface area (Å²) < 4.78 is 17.0. The molecule has 25 heavy (non-hydrogen) atoms. The monoisotopic (exact) mass is 349 g/mol. The molecule has 0 radical (unpaired) electrons. The number of hydrogen-bond acceptors (Lipinski definition) is 4. The first-order valence-electron chi connectivity index (χ1n) is 9.26. The van der Waals surface area contributed by atoms with Crippen LogP contribution in [-0.2, 0) is 10.3 Å². The summed E-state index contributed by atoms with van der Waals surface area (Å²) >= 11 is 0. The molecule has 2 atom stereocenters. The highest BCUT2D eigenvalue weighted by atomic mass is 16.7. The topological polar surface area (TPSA) is 39.7 Å². The molecule has 2 unspecified atom stereocenters. The third-order valence-corrected chi connectivity index (χ3v) is 5.13. The number of ether oxygens (including phenoxy) is 3. The zero-order valence-electron chi connectivity index (χ0n) is 17.2. The van der Waals surface area contributed by atoms with Crippen molar-refractivity contribution in [2.24, 2.45) is 10.8 Å². The maximum atomic E-state index is 5.88. The molecular formula is C21H35NO3. The van der Waals surface area contributed by atoms with Gasteiger partial charge in [0.2, 0.25) is 0 Å². The summed E-state index contributed by atoms with van der Waals surface area (Å²) in [6.45, 7) is 17.1. The third kappa shape index (κ3) is 4.12. The lowest BCUT2D eigenvalue weighted by atomic mass is 9.57. The summed E-state index contributed by atoms with van der Waals surface area (Å²) in [7, 11) is 1.69. The zero-order valence-corrected chi connectivity index (χ0v) is 17.2. The molecule has 1 aliphatic heterocycles. The highest BCUT2D eigenvalue weighted by Crippen LogP contribution is 2.53. The average Bonchev–Trinajstić information content (AvgIpc) is 2.51. The Morgan fingerprint density at radius 3 is 2.32 bits per heavy atom. The Morgan fingerprint density at radius 1 is 1.20 bits per heavy atom. The van der Waals surface area contributed by atoms with E-state index in [0.717, 1.165) is 24.5 Å². The van der Waals surface area contributed by atoms with Crippen LogP contribution in [0, 0.1) is 10.8 Å². The SMILES string of the molecule is CCOC(C)Oc1ccc(C2(CC(C)(C)C)NCC2(C)C)cc1OC. The molecule has 0 amide bonds. The van der Waals surface area contributed by atoms with E-state index in [1.54, 1.807) is 7.11 Å². The first-order chi connectivity index (χ1) is 11.5. The second-order valence-electron chi connectivity index (χ2n) is 8.89.